The lowest BCUT2D eigenvalue weighted by Crippen LogP contribution is -1.98. The highest BCUT2D eigenvalue weighted by Crippen LogP contribution is 2.34. The van der Waals surface area contributed by atoms with Crippen LogP contribution in [0.15, 0.2) is 79.0 Å². The van der Waals surface area contributed by atoms with Crippen molar-refractivity contribution in [1.82, 2.24) is 24.8 Å². The number of para-hydroxylation sites is 1. The average molecular weight is 396 g/mol. The number of aromatic nitrogens is 5. The number of hydrogen-bond acceptors (Lipinski definition) is 5. The van der Waals surface area contributed by atoms with Crippen LogP contribution in [-0.4, -0.2) is 24.8 Å². The number of nitrogens with one attached hydrogen (secondary N) is 1. The van der Waals surface area contributed by atoms with Crippen molar-refractivity contribution in [1.29, 1.82) is 0 Å². The summed E-state index contributed by atoms with van der Waals surface area (Å²) in [6.45, 7) is 1.91. The van der Waals surface area contributed by atoms with Crippen LogP contribution in [0.1, 0.15) is 5.69 Å². The van der Waals surface area contributed by atoms with Crippen molar-refractivity contribution < 1.29 is 4.39 Å². The van der Waals surface area contributed by atoms with Crippen LogP contribution < -0.4 is 5.32 Å². The zero-order valence-electron chi connectivity index (χ0n) is 16.1. The second-order valence-corrected chi connectivity index (χ2v) is 6.84. The van der Waals surface area contributed by atoms with E-state index in [1.54, 1.807) is 23.0 Å². The van der Waals surface area contributed by atoms with Crippen LogP contribution in [0.25, 0.3) is 28.0 Å². The molecule has 0 saturated heterocycles. The molecule has 5 aromatic rings. The Labute approximate surface area is 172 Å². The van der Waals surface area contributed by atoms with E-state index in [4.69, 9.17) is 4.98 Å². The Kier molecular flexibility index (Phi) is 4.40. The molecule has 0 radical (unpaired) electrons. The van der Waals surface area contributed by atoms with E-state index >= 15 is 0 Å². The van der Waals surface area contributed by atoms with Gasteiger partial charge in [-0.05, 0) is 61.5 Å². The molecule has 0 unspecified atom stereocenters. The Hall–Kier alpha value is -4.13. The van der Waals surface area contributed by atoms with Crippen LogP contribution in [0, 0.1) is 12.7 Å². The van der Waals surface area contributed by atoms with Crippen molar-refractivity contribution in [3.8, 4) is 22.5 Å². The van der Waals surface area contributed by atoms with Gasteiger partial charge >= 0.3 is 0 Å². The monoisotopic (exact) mass is 396 g/mol. The zero-order chi connectivity index (χ0) is 20.5. The molecule has 1 N–H and O–H groups in total. The minimum atomic E-state index is -0.297. The fourth-order valence-electron chi connectivity index (χ4n) is 3.30. The molecule has 0 spiro atoms. The Bertz CT molecular complexity index is 1330. The highest BCUT2D eigenvalue weighted by molar-refractivity contribution is 5.90. The molecule has 0 atom stereocenters. The third kappa shape index (κ3) is 3.37. The van der Waals surface area contributed by atoms with Crippen molar-refractivity contribution in [3.05, 3.63) is 90.5 Å². The molecule has 3 aromatic heterocycles. The van der Waals surface area contributed by atoms with Gasteiger partial charge in [0, 0.05) is 17.4 Å². The van der Waals surface area contributed by atoms with Gasteiger partial charge in [-0.3, -0.25) is 0 Å². The van der Waals surface area contributed by atoms with Crippen molar-refractivity contribution in [2.45, 2.75) is 6.92 Å². The highest BCUT2D eigenvalue weighted by atomic mass is 19.1. The Balaban J connectivity index is 1.67. The van der Waals surface area contributed by atoms with Crippen LogP contribution in [0.5, 0.6) is 0 Å². The second-order valence-electron chi connectivity index (χ2n) is 6.84. The summed E-state index contributed by atoms with van der Waals surface area (Å²) in [5, 5.41) is 12.4. The normalized spacial score (nSPS) is 11.0. The summed E-state index contributed by atoms with van der Waals surface area (Å²) >= 11 is 0. The molecule has 0 saturated carbocycles. The SMILES string of the molecule is Cc1ccc2c(-c3ccnc(Nc4ccccc4)n3)c(-c3ccc(F)cc3)nn2n1. The van der Waals surface area contributed by atoms with E-state index < -0.39 is 0 Å². The van der Waals surface area contributed by atoms with Gasteiger partial charge in [-0.1, -0.05) is 18.2 Å². The van der Waals surface area contributed by atoms with Crippen LogP contribution >= 0.6 is 0 Å². The molecule has 5 rings (SSSR count). The molecule has 0 aliphatic carbocycles. The Morgan fingerprint density at radius 3 is 2.47 bits per heavy atom. The van der Waals surface area contributed by atoms with Crippen molar-refractivity contribution in [3.63, 3.8) is 0 Å². The lowest BCUT2D eigenvalue weighted by atomic mass is 10.0. The highest BCUT2D eigenvalue weighted by Gasteiger charge is 2.19. The van der Waals surface area contributed by atoms with Crippen molar-refractivity contribution >= 4 is 17.2 Å². The molecule has 0 bridgehead atoms. The third-order valence-electron chi connectivity index (χ3n) is 4.70. The molecule has 0 fully saturated rings. The van der Waals surface area contributed by atoms with Gasteiger partial charge in [-0.15, -0.1) is 5.10 Å². The van der Waals surface area contributed by atoms with Gasteiger partial charge in [-0.25, -0.2) is 14.4 Å². The first-order valence-corrected chi connectivity index (χ1v) is 9.45. The quantitative estimate of drug-likeness (QED) is 0.461. The van der Waals surface area contributed by atoms with Crippen LogP contribution in [0.2, 0.25) is 0 Å². The largest absolute Gasteiger partial charge is 0.324 e. The molecule has 146 valence electrons. The number of hydrogen-bond donors (Lipinski definition) is 1. The smallest absolute Gasteiger partial charge is 0.227 e. The van der Waals surface area contributed by atoms with E-state index in [9.17, 15) is 4.39 Å². The van der Waals surface area contributed by atoms with Gasteiger partial charge in [-0.2, -0.15) is 9.73 Å². The lowest BCUT2D eigenvalue weighted by Gasteiger charge is -2.07. The summed E-state index contributed by atoms with van der Waals surface area (Å²) in [5.74, 6) is 0.178. The fraction of sp³-hybridized carbons (Fsp3) is 0.0435. The molecule has 0 aliphatic rings. The van der Waals surface area contributed by atoms with E-state index in [-0.39, 0.29) is 5.82 Å². The van der Waals surface area contributed by atoms with Gasteiger partial charge in [0.15, 0.2) is 0 Å². The predicted molar refractivity (Wildman–Crippen MR) is 114 cm³/mol. The second kappa shape index (κ2) is 7.36. The summed E-state index contributed by atoms with van der Waals surface area (Å²) in [7, 11) is 0. The summed E-state index contributed by atoms with van der Waals surface area (Å²) in [6.07, 6.45) is 1.70. The summed E-state index contributed by atoms with van der Waals surface area (Å²) < 4.78 is 15.1. The van der Waals surface area contributed by atoms with Crippen LogP contribution in [-0.2, 0) is 0 Å². The number of anilines is 2. The Morgan fingerprint density at radius 1 is 0.867 bits per heavy atom. The molecule has 0 amide bonds. The third-order valence-corrected chi connectivity index (χ3v) is 4.70. The minimum Gasteiger partial charge on any atom is -0.324 e. The lowest BCUT2D eigenvalue weighted by molar-refractivity contribution is 0.628. The van der Waals surface area contributed by atoms with Gasteiger partial charge in [0.05, 0.1) is 22.5 Å². The maximum absolute atomic E-state index is 13.5. The zero-order valence-corrected chi connectivity index (χ0v) is 16.1. The molecule has 0 aliphatic heterocycles. The van der Waals surface area contributed by atoms with Crippen LogP contribution in [0.4, 0.5) is 16.0 Å². The molecule has 6 nitrogen and oxygen atoms in total. The average Bonchev–Trinajstić information content (AvgIpc) is 3.13. The predicted octanol–water partition coefficient (Wildman–Crippen LogP) is 5.04. The minimum absolute atomic E-state index is 0.297. The van der Waals surface area contributed by atoms with Gasteiger partial charge in [0.1, 0.15) is 11.5 Å². The van der Waals surface area contributed by atoms with Crippen LogP contribution in [0.3, 0.4) is 0 Å². The van der Waals surface area contributed by atoms with E-state index in [0.717, 1.165) is 28.0 Å². The first-order chi connectivity index (χ1) is 14.7. The number of rotatable bonds is 4. The molecule has 30 heavy (non-hydrogen) atoms. The summed E-state index contributed by atoms with van der Waals surface area (Å²) in [6, 6.07) is 21.7. The standard InChI is InChI=1S/C23H17FN6/c1-15-7-12-20-21(22(29-30(20)28-15)16-8-10-17(24)11-9-16)19-13-14-25-23(27-19)26-18-5-3-2-4-6-18/h2-14H,1H3,(H,25,26,27). The topological polar surface area (TPSA) is 68.0 Å². The van der Waals surface area contributed by atoms with Gasteiger partial charge in [0.2, 0.25) is 5.95 Å². The van der Waals surface area contributed by atoms with E-state index in [0.29, 0.717) is 17.3 Å². The summed E-state index contributed by atoms with van der Waals surface area (Å²) in [4.78, 5) is 9.05. The fourth-order valence-corrected chi connectivity index (χ4v) is 3.30. The Morgan fingerprint density at radius 2 is 1.67 bits per heavy atom. The summed E-state index contributed by atoms with van der Waals surface area (Å²) in [5.41, 5.74) is 5.52. The number of benzene rings is 2. The first kappa shape index (κ1) is 17.9. The van der Waals surface area contributed by atoms with Gasteiger partial charge in [0.25, 0.3) is 0 Å². The number of fused-ring (bicyclic) bond motifs is 1. The van der Waals surface area contributed by atoms with E-state index in [1.165, 1.54) is 12.1 Å². The number of nitrogens with zero attached hydrogens (tertiary/aromatic N) is 5. The van der Waals surface area contributed by atoms with Gasteiger partial charge < -0.3 is 5.32 Å². The van der Waals surface area contributed by atoms with Crippen molar-refractivity contribution in [2.75, 3.05) is 5.32 Å². The maximum atomic E-state index is 13.5. The first-order valence-electron chi connectivity index (χ1n) is 9.45. The number of aryl methyl sites for hydroxylation is 1. The molecule has 7 heteroatoms. The maximum Gasteiger partial charge on any atom is 0.227 e. The van der Waals surface area contributed by atoms with E-state index in [1.807, 2.05) is 55.5 Å². The molecule has 3 heterocycles. The number of halogens is 1. The molecular formula is C23H17FN6. The molecular weight excluding hydrogens is 379 g/mol. The van der Waals surface area contributed by atoms with E-state index in [2.05, 4.69) is 20.5 Å². The molecule has 2 aromatic carbocycles. The van der Waals surface area contributed by atoms with Crippen molar-refractivity contribution in [2.24, 2.45) is 0 Å².